The minimum Gasteiger partial charge on any atom is -0.258 e. The van der Waals surface area contributed by atoms with E-state index in [1.54, 1.807) is 6.08 Å². The lowest BCUT2D eigenvalue weighted by molar-refractivity contribution is -0.387. The van der Waals surface area contributed by atoms with Crippen LogP contribution in [-0.4, -0.2) is 30.2 Å². The summed E-state index contributed by atoms with van der Waals surface area (Å²) in [5, 5.41) is 10.9. The van der Waals surface area contributed by atoms with E-state index in [-0.39, 0.29) is 10.9 Å². The highest BCUT2D eigenvalue weighted by Crippen LogP contribution is 2.31. The molecule has 1 aliphatic rings. The Morgan fingerprint density at radius 2 is 2.11 bits per heavy atom. The molecule has 0 radical (unpaired) electrons. The first kappa shape index (κ1) is 13.7. The summed E-state index contributed by atoms with van der Waals surface area (Å²) in [5.41, 5.74) is -0.391. The highest BCUT2D eigenvalue weighted by Gasteiger charge is 2.37. The fraction of sp³-hybridized carbons (Fsp3) is 0.333. The van der Waals surface area contributed by atoms with Crippen molar-refractivity contribution in [2.24, 2.45) is 0 Å². The summed E-state index contributed by atoms with van der Waals surface area (Å²) in [7, 11) is -3.86. The van der Waals surface area contributed by atoms with Gasteiger partial charge in [0, 0.05) is 18.7 Å². The van der Waals surface area contributed by atoms with Crippen LogP contribution in [0.2, 0.25) is 0 Å². The molecule has 0 saturated carbocycles. The smallest absolute Gasteiger partial charge is 0.258 e. The van der Waals surface area contributed by atoms with Gasteiger partial charge in [-0.3, -0.25) is 10.1 Å². The maximum Gasteiger partial charge on any atom is 0.289 e. The van der Waals surface area contributed by atoms with Gasteiger partial charge in [-0.2, -0.15) is 4.31 Å². The molecule has 102 valence electrons. The van der Waals surface area contributed by atoms with Crippen LogP contribution in [-0.2, 0) is 10.0 Å². The fourth-order valence-corrected chi connectivity index (χ4v) is 4.08. The molecular weight excluding hydrogens is 268 g/mol. The van der Waals surface area contributed by atoms with Crippen molar-refractivity contribution < 1.29 is 13.3 Å². The van der Waals surface area contributed by atoms with E-state index in [2.05, 4.69) is 6.58 Å². The van der Waals surface area contributed by atoms with Gasteiger partial charge >= 0.3 is 0 Å². The molecule has 19 heavy (non-hydrogen) atoms. The van der Waals surface area contributed by atoms with Gasteiger partial charge in [0.25, 0.3) is 5.69 Å². The van der Waals surface area contributed by atoms with E-state index < -0.39 is 20.6 Å². The molecule has 2 rings (SSSR count). The highest BCUT2D eigenvalue weighted by molar-refractivity contribution is 7.89. The number of hydrogen-bond acceptors (Lipinski definition) is 4. The van der Waals surface area contributed by atoms with Crippen LogP contribution in [0.5, 0.6) is 0 Å². The number of para-hydroxylation sites is 1. The zero-order valence-electron chi connectivity index (χ0n) is 10.2. The first-order valence-electron chi connectivity index (χ1n) is 5.86. The van der Waals surface area contributed by atoms with Crippen molar-refractivity contribution in [1.29, 1.82) is 0 Å². The maximum atomic E-state index is 12.5. The van der Waals surface area contributed by atoms with Gasteiger partial charge in [0.15, 0.2) is 4.90 Å². The third-order valence-electron chi connectivity index (χ3n) is 3.17. The number of hydrogen-bond donors (Lipinski definition) is 0. The average molecular weight is 282 g/mol. The Morgan fingerprint density at radius 1 is 1.42 bits per heavy atom. The zero-order valence-corrected chi connectivity index (χ0v) is 11.0. The molecule has 0 spiro atoms. The van der Waals surface area contributed by atoms with E-state index in [0.717, 1.165) is 6.42 Å². The Hall–Kier alpha value is -1.73. The van der Waals surface area contributed by atoms with Crippen molar-refractivity contribution >= 4 is 15.7 Å². The molecule has 7 heteroatoms. The van der Waals surface area contributed by atoms with E-state index in [1.807, 2.05) is 0 Å². The normalized spacial score (nSPS) is 20.3. The summed E-state index contributed by atoms with van der Waals surface area (Å²) >= 11 is 0. The molecule has 1 aliphatic heterocycles. The van der Waals surface area contributed by atoms with Crippen molar-refractivity contribution in [1.82, 2.24) is 4.31 Å². The molecule has 0 aliphatic carbocycles. The van der Waals surface area contributed by atoms with Gasteiger partial charge in [0.05, 0.1) is 4.92 Å². The molecular formula is C12H14N2O4S. The second kappa shape index (κ2) is 5.10. The van der Waals surface area contributed by atoms with Crippen LogP contribution >= 0.6 is 0 Å². The van der Waals surface area contributed by atoms with Gasteiger partial charge in [-0.05, 0) is 18.9 Å². The molecule has 6 nitrogen and oxygen atoms in total. The summed E-state index contributed by atoms with van der Waals surface area (Å²) in [4.78, 5) is 10.0. The average Bonchev–Trinajstić information content (AvgIpc) is 2.87. The Bertz CT molecular complexity index is 612. The summed E-state index contributed by atoms with van der Waals surface area (Å²) in [6.07, 6.45) is 3.00. The summed E-state index contributed by atoms with van der Waals surface area (Å²) in [6, 6.07) is 5.12. The van der Waals surface area contributed by atoms with Crippen LogP contribution < -0.4 is 0 Å². The lowest BCUT2D eigenvalue weighted by Gasteiger charge is -2.21. The number of nitro benzene ring substituents is 1. The number of nitro groups is 1. The number of benzene rings is 1. The van der Waals surface area contributed by atoms with Crippen molar-refractivity contribution in [2.45, 2.75) is 23.8 Å². The molecule has 1 aromatic rings. The van der Waals surface area contributed by atoms with Crippen molar-refractivity contribution in [2.75, 3.05) is 6.54 Å². The van der Waals surface area contributed by atoms with Crippen molar-refractivity contribution in [3.8, 4) is 0 Å². The minimum atomic E-state index is -3.86. The SMILES string of the molecule is C=CC1CCCN1S(=O)(=O)c1ccccc1[N+](=O)[O-]. The van der Waals surface area contributed by atoms with Gasteiger partial charge in [0.2, 0.25) is 10.0 Å². The van der Waals surface area contributed by atoms with E-state index >= 15 is 0 Å². The first-order valence-corrected chi connectivity index (χ1v) is 7.30. The number of rotatable bonds is 4. The predicted octanol–water partition coefficient (Wildman–Crippen LogP) is 1.93. The fourth-order valence-electron chi connectivity index (χ4n) is 2.25. The van der Waals surface area contributed by atoms with E-state index in [9.17, 15) is 18.5 Å². The summed E-state index contributed by atoms with van der Waals surface area (Å²) in [5.74, 6) is 0. The molecule has 1 fully saturated rings. The quantitative estimate of drug-likeness (QED) is 0.480. The lowest BCUT2D eigenvalue weighted by atomic mass is 10.2. The third-order valence-corrected chi connectivity index (χ3v) is 5.14. The van der Waals surface area contributed by atoms with Gasteiger partial charge in [-0.15, -0.1) is 6.58 Å². The van der Waals surface area contributed by atoms with E-state index in [0.29, 0.717) is 13.0 Å². The molecule has 1 saturated heterocycles. The van der Waals surface area contributed by atoms with Crippen LogP contribution in [0.3, 0.4) is 0 Å². The molecule has 0 bridgehead atoms. The van der Waals surface area contributed by atoms with E-state index in [1.165, 1.54) is 28.6 Å². The molecule has 1 unspecified atom stereocenters. The maximum absolute atomic E-state index is 12.5. The Balaban J connectivity index is 2.51. The molecule has 1 heterocycles. The zero-order chi connectivity index (χ0) is 14.0. The number of sulfonamides is 1. The van der Waals surface area contributed by atoms with Crippen molar-refractivity contribution in [3.05, 3.63) is 47.0 Å². The Kier molecular flexibility index (Phi) is 3.68. The second-order valence-corrected chi connectivity index (χ2v) is 6.14. The van der Waals surface area contributed by atoms with Crippen LogP contribution in [0, 0.1) is 10.1 Å². The van der Waals surface area contributed by atoms with Crippen LogP contribution in [0.25, 0.3) is 0 Å². The molecule has 1 aromatic carbocycles. The van der Waals surface area contributed by atoms with Gasteiger partial charge in [-0.1, -0.05) is 18.2 Å². The predicted molar refractivity (Wildman–Crippen MR) is 70.2 cm³/mol. The van der Waals surface area contributed by atoms with Gasteiger partial charge < -0.3 is 0 Å². The van der Waals surface area contributed by atoms with Crippen LogP contribution in [0.1, 0.15) is 12.8 Å². The van der Waals surface area contributed by atoms with Gasteiger partial charge in [0.1, 0.15) is 0 Å². The molecule has 1 atom stereocenters. The highest BCUT2D eigenvalue weighted by atomic mass is 32.2. The van der Waals surface area contributed by atoms with Crippen LogP contribution in [0.15, 0.2) is 41.8 Å². The second-order valence-electron chi connectivity index (χ2n) is 4.29. The largest absolute Gasteiger partial charge is 0.289 e. The van der Waals surface area contributed by atoms with E-state index in [4.69, 9.17) is 0 Å². The van der Waals surface area contributed by atoms with Crippen molar-refractivity contribution in [3.63, 3.8) is 0 Å². The topological polar surface area (TPSA) is 80.5 Å². The minimum absolute atomic E-state index is 0.256. The Morgan fingerprint density at radius 3 is 2.74 bits per heavy atom. The van der Waals surface area contributed by atoms with Crippen LogP contribution in [0.4, 0.5) is 5.69 Å². The molecule has 0 aromatic heterocycles. The first-order chi connectivity index (χ1) is 8.98. The number of nitrogens with zero attached hydrogens (tertiary/aromatic N) is 2. The summed E-state index contributed by atoms with van der Waals surface area (Å²) in [6.45, 7) is 3.98. The monoisotopic (exact) mass is 282 g/mol. The lowest BCUT2D eigenvalue weighted by Crippen LogP contribution is -2.34. The van der Waals surface area contributed by atoms with Gasteiger partial charge in [-0.25, -0.2) is 8.42 Å². The standard InChI is InChI=1S/C12H14N2O4S/c1-2-10-6-5-9-13(10)19(17,18)12-8-4-3-7-11(12)14(15)16/h2-4,7-8,10H,1,5-6,9H2. The third kappa shape index (κ3) is 2.39. The molecule has 0 N–H and O–H groups in total. The summed E-state index contributed by atoms with van der Waals surface area (Å²) < 4.78 is 26.3. The molecule has 0 amide bonds. The Labute approximate surface area is 111 Å².